The quantitative estimate of drug-likeness (QED) is 0.804. The van der Waals surface area contributed by atoms with Crippen LogP contribution >= 0.6 is 11.3 Å². The Labute approximate surface area is 116 Å². The van der Waals surface area contributed by atoms with Crippen molar-refractivity contribution in [2.45, 2.75) is 13.8 Å². The monoisotopic (exact) mass is 277 g/mol. The largest absolute Gasteiger partial charge is 0.497 e. The first-order valence-corrected chi connectivity index (χ1v) is 6.81. The van der Waals surface area contributed by atoms with Gasteiger partial charge in [-0.1, -0.05) is 0 Å². The second-order valence-electron chi connectivity index (χ2n) is 3.93. The molecule has 0 fully saturated rings. The van der Waals surface area contributed by atoms with E-state index in [4.69, 9.17) is 9.47 Å². The van der Waals surface area contributed by atoms with Crippen molar-refractivity contribution in [2.24, 2.45) is 0 Å². The number of hydrogen-bond donors (Lipinski definition) is 0. The smallest absolute Gasteiger partial charge is 0.350 e. The summed E-state index contributed by atoms with van der Waals surface area (Å²) < 4.78 is 10.2. The number of rotatable bonds is 4. The molecule has 0 spiro atoms. The van der Waals surface area contributed by atoms with Crippen LogP contribution in [-0.4, -0.2) is 24.7 Å². The van der Waals surface area contributed by atoms with E-state index in [-0.39, 0.29) is 5.97 Å². The number of aromatic nitrogens is 1. The summed E-state index contributed by atoms with van der Waals surface area (Å²) in [6.45, 7) is 4.11. The lowest BCUT2D eigenvalue weighted by Crippen LogP contribution is -2.04. The maximum Gasteiger partial charge on any atom is 0.350 e. The minimum atomic E-state index is -0.324. The van der Waals surface area contributed by atoms with Crippen molar-refractivity contribution in [2.75, 3.05) is 13.7 Å². The zero-order valence-corrected chi connectivity index (χ0v) is 11.9. The van der Waals surface area contributed by atoms with E-state index >= 15 is 0 Å². The van der Waals surface area contributed by atoms with Gasteiger partial charge < -0.3 is 9.47 Å². The summed E-state index contributed by atoms with van der Waals surface area (Å²) in [6.07, 6.45) is 0. The zero-order valence-electron chi connectivity index (χ0n) is 11.1. The Morgan fingerprint density at radius 2 is 2.21 bits per heavy atom. The lowest BCUT2D eigenvalue weighted by molar-refractivity contribution is 0.0532. The third-order valence-electron chi connectivity index (χ3n) is 2.72. The molecule has 2 aromatic rings. The predicted octanol–water partition coefficient (Wildman–Crippen LogP) is 3.30. The number of carbonyl (C=O) groups is 1. The summed E-state index contributed by atoms with van der Waals surface area (Å²) >= 11 is 1.29. The molecule has 0 unspecified atom stereocenters. The standard InChI is InChI=1S/C14H15NO3S/c1-4-18-14(16)13-12(15-8-19-13)11-6-5-10(17-3)7-9(11)2/h5-8H,4H2,1-3H3. The van der Waals surface area contributed by atoms with Gasteiger partial charge in [-0.25, -0.2) is 9.78 Å². The lowest BCUT2D eigenvalue weighted by atomic mass is 10.0. The minimum absolute atomic E-state index is 0.324. The molecule has 0 bridgehead atoms. The summed E-state index contributed by atoms with van der Waals surface area (Å²) in [5, 5.41) is 0. The van der Waals surface area contributed by atoms with Crippen molar-refractivity contribution in [3.05, 3.63) is 34.2 Å². The van der Waals surface area contributed by atoms with E-state index < -0.39 is 0 Å². The van der Waals surface area contributed by atoms with Crippen molar-refractivity contribution in [1.82, 2.24) is 4.98 Å². The van der Waals surface area contributed by atoms with Gasteiger partial charge in [0.1, 0.15) is 10.6 Å². The SMILES string of the molecule is CCOC(=O)c1scnc1-c1ccc(OC)cc1C. The van der Waals surface area contributed by atoms with E-state index in [1.165, 1.54) is 11.3 Å². The molecule has 0 saturated carbocycles. The van der Waals surface area contributed by atoms with Crippen LogP contribution in [0, 0.1) is 6.92 Å². The van der Waals surface area contributed by atoms with Gasteiger partial charge in [0.2, 0.25) is 0 Å². The van der Waals surface area contributed by atoms with E-state index in [1.807, 2.05) is 25.1 Å². The van der Waals surface area contributed by atoms with Crippen LogP contribution in [0.4, 0.5) is 0 Å². The number of methoxy groups -OCH3 is 1. The Hall–Kier alpha value is -1.88. The van der Waals surface area contributed by atoms with Gasteiger partial charge in [-0.2, -0.15) is 0 Å². The van der Waals surface area contributed by atoms with Crippen molar-refractivity contribution in [3.63, 3.8) is 0 Å². The number of hydrogen-bond acceptors (Lipinski definition) is 5. The molecule has 0 N–H and O–H groups in total. The molecule has 0 atom stereocenters. The normalized spacial score (nSPS) is 10.3. The summed E-state index contributed by atoms with van der Waals surface area (Å²) in [5.74, 6) is 0.462. The fourth-order valence-electron chi connectivity index (χ4n) is 1.81. The number of ether oxygens (including phenoxy) is 2. The average Bonchev–Trinajstić information content (AvgIpc) is 2.88. The highest BCUT2D eigenvalue weighted by Crippen LogP contribution is 2.30. The van der Waals surface area contributed by atoms with Crippen LogP contribution in [0.1, 0.15) is 22.2 Å². The number of thiazole rings is 1. The van der Waals surface area contributed by atoms with Crippen molar-refractivity contribution < 1.29 is 14.3 Å². The van der Waals surface area contributed by atoms with Crippen molar-refractivity contribution >= 4 is 17.3 Å². The maximum atomic E-state index is 11.9. The van der Waals surface area contributed by atoms with Crippen LogP contribution in [0.3, 0.4) is 0 Å². The summed E-state index contributed by atoms with van der Waals surface area (Å²) in [7, 11) is 1.63. The molecule has 1 heterocycles. The second-order valence-corrected chi connectivity index (χ2v) is 4.79. The first-order chi connectivity index (χ1) is 9.17. The molecule has 0 amide bonds. The molecule has 1 aromatic heterocycles. The molecule has 0 aliphatic rings. The van der Waals surface area contributed by atoms with Crippen LogP contribution in [0.2, 0.25) is 0 Å². The fraction of sp³-hybridized carbons (Fsp3) is 0.286. The predicted molar refractivity (Wildman–Crippen MR) is 74.8 cm³/mol. The molecule has 1 aromatic carbocycles. The Kier molecular flexibility index (Phi) is 4.16. The van der Waals surface area contributed by atoms with Gasteiger partial charge in [0.05, 0.1) is 24.9 Å². The minimum Gasteiger partial charge on any atom is -0.497 e. The summed E-state index contributed by atoms with van der Waals surface area (Å²) in [4.78, 5) is 16.7. The van der Waals surface area contributed by atoms with E-state index in [0.717, 1.165) is 16.9 Å². The first-order valence-electron chi connectivity index (χ1n) is 5.93. The van der Waals surface area contributed by atoms with Crippen LogP contribution in [0.5, 0.6) is 5.75 Å². The third kappa shape index (κ3) is 2.76. The Morgan fingerprint density at radius 3 is 2.84 bits per heavy atom. The fourth-order valence-corrected chi connectivity index (χ4v) is 2.50. The van der Waals surface area contributed by atoms with Crippen LogP contribution < -0.4 is 4.74 Å². The molecule has 2 rings (SSSR count). The zero-order chi connectivity index (χ0) is 13.8. The maximum absolute atomic E-state index is 11.9. The first kappa shape index (κ1) is 13.5. The van der Waals surface area contributed by atoms with Gasteiger partial charge in [0.25, 0.3) is 0 Å². The molecule has 100 valence electrons. The number of benzene rings is 1. The molecule has 4 nitrogen and oxygen atoms in total. The Balaban J connectivity index is 2.42. The molecule has 0 saturated heterocycles. The molecular weight excluding hydrogens is 262 g/mol. The van der Waals surface area contributed by atoms with Crippen LogP contribution in [0.15, 0.2) is 23.7 Å². The topological polar surface area (TPSA) is 48.4 Å². The summed E-state index contributed by atoms with van der Waals surface area (Å²) in [5.41, 5.74) is 4.26. The van der Waals surface area contributed by atoms with Gasteiger partial charge in [-0.3, -0.25) is 0 Å². The molecule has 19 heavy (non-hydrogen) atoms. The highest BCUT2D eigenvalue weighted by Gasteiger charge is 2.18. The Morgan fingerprint density at radius 1 is 1.42 bits per heavy atom. The van der Waals surface area contributed by atoms with Gasteiger partial charge in [0, 0.05) is 5.56 Å². The second kappa shape index (κ2) is 5.84. The van der Waals surface area contributed by atoms with E-state index in [2.05, 4.69) is 4.98 Å². The van der Waals surface area contributed by atoms with Gasteiger partial charge >= 0.3 is 5.97 Å². The average molecular weight is 277 g/mol. The number of carbonyl (C=O) groups excluding carboxylic acids is 1. The van der Waals surface area contributed by atoms with Gasteiger partial charge in [-0.15, -0.1) is 11.3 Å². The number of esters is 1. The van der Waals surface area contributed by atoms with Crippen LogP contribution in [-0.2, 0) is 4.74 Å². The lowest BCUT2D eigenvalue weighted by Gasteiger charge is -2.07. The highest BCUT2D eigenvalue weighted by molar-refractivity contribution is 7.12. The molecular formula is C14H15NO3S. The Bertz CT molecular complexity index is 592. The van der Waals surface area contributed by atoms with E-state index in [0.29, 0.717) is 17.2 Å². The number of nitrogens with zero attached hydrogens (tertiary/aromatic N) is 1. The molecule has 0 aliphatic heterocycles. The van der Waals surface area contributed by atoms with Crippen LogP contribution in [0.25, 0.3) is 11.3 Å². The van der Waals surface area contributed by atoms with Gasteiger partial charge in [0.15, 0.2) is 0 Å². The highest BCUT2D eigenvalue weighted by atomic mass is 32.1. The van der Waals surface area contributed by atoms with E-state index in [1.54, 1.807) is 19.5 Å². The van der Waals surface area contributed by atoms with Crippen molar-refractivity contribution in [3.8, 4) is 17.0 Å². The van der Waals surface area contributed by atoms with E-state index in [9.17, 15) is 4.79 Å². The van der Waals surface area contributed by atoms with Gasteiger partial charge in [-0.05, 0) is 37.6 Å². The number of aryl methyl sites for hydroxylation is 1. The van der Waals surface area contributed by atoms with Crippen molar-refractivity contribution in [1.29, 1.82) is 0 Å². The molecule has 0 radical (unpaired) electrons. The molecule has 0 aliphatic carbocycles. The molecule has 5 heteroatoms. The summed E-state index contributed by atoms with van der Waals surface area (Å²) in [6, 6.07) is 5.69. The third-order valence-corrected chi connectivity index (χ3v) is 3.52.